The highest BCUT2D eigenvalue weighted by molar-refractivity contribution is 5.76. The largest absolute Gasteiger partial charge is 0.394 e. The minimum absolute atomic E-state index is 0.0156. The van der Waals surface area contributed by atoms with Gasteiger partial charge in [0.25, 0.3) is 0 Å². The molecule has 2 heterocycles. The molecule has 62 heavy (non-hydrogen) atoms. The van der Waals surface area contributed by atoms with Gasteiger partial charge in [0.15, 0.2) is 12.6 Å². The van der Waals surface area contributed by atoms with Crippen LogP contribution in [0.15, 0.2) is 0 Å². The third kappa shape index (κ3) is 22.7. The van der Waals surface area contributed by atoms with Crippen molar-refractivity contribution in [3.05, 3.63) is 0 Å². The minimum Gasteiger partial charge on any atom is -0.394 e. The molecule has 0 aromatic heterocycles. The van der Waals surface area contributed by atoms with Crippen molar-refractivity contribution in [1.82, 2.24) is 10.6 Å². The number of aliphatic hydroxyl groups excluding tert-OH is 8. The summed E-state index contributed by atoms with van der Waals surface area (Å²) in [5, 5.41) is 83.1. The fourth-order valence-corrected chi connectivity index (χ4v) is 5.74. The summed E-state index contributed by atoms with van der Waals surface area (Å²) in [5.41, 5.74) is -0.625. The molecular weight excluding hydrogens is 836 g/mol. The molecule has 2 saturated heterocycles. The molecule has 24 nitrogen and oxygen atoms in total. The monoisotopic (exact) mass is 906 g/mol. The quantitative estimate of drug-likeness (QED) is 0.0205. The molecule has 0 saturated carbocycles. The minimum atomic E-state index is -1.52. The first-order valence-electron chi connectivity index (χ1n) is 20.7. The van der Waals surface area contributed by atoms with Gasteiger partial charge in [-0.3, -0.25) is 9.59 Å². The number of ether oxygens (including phenoxy) is 11. The lowest BCUT2D eigenvalue weighted by Crippen LogP contribution is -2.59. The lowest BCUT2D eigenvalue weighted by molar-refractivity contribution is -0.302. The number of carbonyl (C=O) groups excluding carboxylic acids is 3. The van der Waals surface area contributed by atoms with Gasteiger partial charge in [0.05, 0.1) is 119 Å². The molecule has 0 bridgehead atoms. The summed E-state index contributed by atoms with van der Waals surface area (Å²) in [6, 6.07) is 0. The van der Waals surface area contributed by atoms with Gasteiger partial charge >= 0.3 is 0 Å². The Kier molecular flexibility index (Phi) is 30.1. The van der Waals surface area contributed by atoms with Gasteiger partial charge in [0, 0.05) is 37.8 Å². The SMILES string of the molecule is CC(COCCC=O)(COCCC(=O)NCCOCCOCCO[C@H]1OC(CO)[C@@H](O)[C@H](O)C1O)COCCC(=O)NCCOCCOCCO[C@H]1OC(CO)[C@@H](O)[C@H](O)C1O. The lowest BCUT2D eigenvalue weighted by atomic mass is 9.94. The van der Waals surface area contributed by atoms with E-state index in [1.807, 2.05) is 6.92 Å². The third-order valence-electron chi connectivity index (χ3n) is 9.28. The van der Waals surface area contributed by atoms with Crippen LogP contribution in [0.25, 0.3) is 0 Å². The van der Waals surface area contributed by atoms with Crippen LogP contribution < -0.4 is 10.6 Å². The predicted octanol–water partition coefficient (Wildman–Crippen LogP) is -5.66. The van der Waals surface area contributed by atoms with Gasteiger partial charge in [-0.1, -0.05) is 6.92 Å². The molecule has 10 atom stereocenters. The standard InChI is InChI=1S/C38H70N2O22/c1-38(23-56-8-2-7-41,24-57-9-3-28(44)39-5-11-52-13-15-54-17-19-59-36-34(50)32(48)30(46)26(21-42)61-36)25-58-10-4-29(45)40-6-12-53-14-16-55-18-20-60-37-35(51)33(49)31(47)27(22-43)62-37/h7,26-27,30-37,42-43,46-51H,2-6,8-25H2,1H3,(H,39,44)(H,40,45)/t26?,27?,30-,31-,32+,33+,34?,35?,36+,37+,38?/m1/s1. The Bertz CT molecular complexity index is 1100. The van der Waals surface area contributed by atoms with Gasteiger partial charge in [-0.15, -0.1) is 0 Å². The summed E-state index contributed by atoms with van der Waals surface area (Å²) in [7, 11) is 0. The Morgan fingerprint density at radius 3 is 1.27 bits per heavy atom. The highest BCUT2D eigenvalue weighted by Gasteiger charge is 2.45. The van der Waals surface area contributed by atoms with Crippen LogP contribution >= 0.6 is 0 Å². The number of hydrogen-bond donors (Lipinski definition) is 10. The maximum absolute atomic E-state index is 12.3. The molecule has 0 aliphatic carbocycles. The van der Waals surface area contributed by atoms with Gasteiger partial charge in [-0.25, -0.2) is 0 Å². The molecule has 2 rings (SSSR count). The van der Waals surface area contributed by atoms with E-state index in [4.69, 9.17) is 52.1 Å². The van der Waals surface area contributed by atoms with Crippen molar-refractivity contribution in [2.75, 3.05) is 132 Å². The molecule has 0 aromatic rings. The third-order valence-corrected chi connectivity index (χ3v) is 9.28. The summed E-state index contributed by atoms with van der Waals surface area (Å²) < 4.78 is 60.0. The molecule has 2 aliphatic heterocycles. The molecule has 2 fully saturated rings. The first-order valence-corrected chi connectivity index (χ1v) is 20.7. The predicted molar refractivity (Wildman–Crippen MR) is 209 cm³/mol. The van der Waals surface area contributed by atoms with Crippen molar-refractivity contribution in [2.45, 2.75) is 87.6 Å². The molecule has 2 aliphatic rings. The Hall–Kier alpha value is -2.15. The van der Waals surface area contributed by atoms with E-state index in [0.29, 0.717) is 0 Å². The topological polar surface area (TPSA) is 339 Å². The van der Waals surface area contributed by atoms with Gasteiger partial charge in [0.2, 0.25) is 11.8 Å². The Morgan fingerprint density at radius 1 is 0.516 bits per heavy atom. The summed E-state index contributed by atoms with van der Waals surface area (Å²) in [6.45, 7) is 4.11. The highest BCUT2D eigenvalue weighted by atomic mass is 16.7. The molecular formula is C38H70N2O22. The van der Waals surface area contributed by atoms with Crippen LogP contribution in [-0.2, 0) is 66.5 Å². The van der Waals surface area contributed by atoms with Crippen molar-refractivity contribution < 1.29 is 107 Å². The van der Waals surface area contributed by atoms with Crippen LogP contribution in [-0.4, -0.2) is 252 Å². The van der Waals surface area contributed by atoms with Crippen molar-refractivity contribution in [3.63, 3.8) is 0 Å². The molecule has 364 valence electrons. The Balaban J connectivity index is 1.47. The average molecular weight is 907 g/mol. The number of carbonyl (C=O) groups is 3. The molecule has 10 N–H and O–H groups in total. The fourth-order valence-electron chi connectivity index (χ4n) is 5.74. The second-order valence-corrected chi connectivity index (χ2v) is 14.7. The highest BCUT2D eigenvalue weighted by Crippen LogP contribution is 2.23. The van der Waals surface area contributed by atoms with E-state index in [1.54, 1.807) is 0 Å². The van der Waals surface area contributed by atoms with E-state index in [1.165, 1.54) is 0 Å². The van der Waals surface area contributed by atoms with Crippen LogP contribution in [0.4, 0.5) is 0 Å². The first-order chi connectivity index (χ1) is 29.9. The lowest BCUT2D eigenvalue weighted by Gasteiger charge is -2.39. The van der Waals surface area contributed by atoms with Crippen LogP contribution in [0.1, 0.15) is 26.2 Å². The van der Waals surface area contributed by atoms with E-state index < -0.39 is 80.0 Å². The second kappa shape index (κ2) is 33.3. The van der Waals surface area contributed by atoms with E-state index in [9.17, 15) is 55.2 Å². The molecule has 24 heteroatoms. The van der Waals surface area contributed by atoms with Crippen LogP contribution in [0.3, 0.4) is 0 Å². The molecule has 0 spiro atoms. The molecule has 4 unspecified atom stereocenters. The Morgan fingerprint density at radius 2 is 0.887 bits per heavy atom. The van der Waals surface area contributed by atoms with E-state index in [2.05, 4.69) is 10.6 Å². The molecule has 2 amide bonds. The van der Waals surface area contributed by atoms with Crippen molar-refractivity contribution in [1.29, 1.82) is 0 Å². The number of nitrogens with one attached hydrogen (secondary N) is 2. The summed E-state index contributed by atoms with van der Waals surface area (Å²) >= 11 is 0. The maximum atomic E-state index is 12.3. The second-order valence-electron chi connectivity index (χ2n) is 14.7. The van der Waals surface area contributed by atoms with E-state index in [-0.39, 0.29) is 150 Å². The van der Waals surface area contributed by atoms with Crippen LogP contribution in [0, 0.1) is 5.41 Å². The normalized spacial score (nSPS) is 27.4. The number of aldehydes is 1. The van der Waals surface area contributed by atoms with Crippen LogP contribution in [0.5, 0.6) is 0 Å². The first kappa shape index (κ1) is 56.0. The molecule has 0 radical (unpaired) electrons. The van der Waals surface area contributed by atoms with Gasteiger partial charge < -0.3 is 108 Å². The smallest absolute Gasteiger partial charge is 0.222 e. The summed E-state index contributed by atoms with van der Waals surface area (Å²) in [6.07, 6.45) is -12.3. The fraction of sp³-hybridized carbons (Fsp3) is 0.921. The van der Waals surface area contributed by atoms with Crippen molar-refractivity contribution >= 4 is 18.1 Å². The number of rotatable bonds is 37. The van der Waals surface area contributed by atoms with Crippen molar-refractivity contribution in [2.24, 2.45) is 5.41 Å². The summed E-state index contributed by atoms with van der Waals surface area (Å²) in [5.74, 6) is -0.475. The van der Waals surface area contributed by atoms with E-state index in [0.717, 1.165) is 6.29 Å². The summed E-state index contributed by atoms with van der Waals surface area (Å²) in [4.78, 5) is 35.2. The number of amides is 2. The van der Waals surface area contributed by atoms with Crippen molar-refractivity contribution in [3.8, 4) is 0 Å². The van der Waals surface area contributed by atoms with Gasteiger partial charge in [-0.05, 0) is 0 Å². The zero-order valence-corrected chi connectivity index (χ0v) is 35.4. The average Bonchev–Trinajstić information content (AvgIpc) is 3.26. The van der Waals surface area contributed by atoms with E-state index >= 15 is 0 Å². The zero-order chi connectivity index (χ0) is 45.6. The Labute approximate surface area is 360 Å². The molecule has 0 aromatic carbocycles. The van der Waals surface area contributed by atoms with Gasteiger partial charge in [0.1, 0.15) is 55.1 Å². The number of aliphatic hydroxyl groups is 8. The van der Waals surface area contributed by atoms with Crippen LogP contribution in [0.2, 0.25) is 0 Å². The number of hydrogen-bond acceptors (Lipinski definition) is 22. The zero-order valence-electron chi connectivity index (χ0n) is 35.4. The maximum Gasteiger partial charge on any atom is 0.222 e. The van der Waals surface area contributed by atoms with Gasteiger partial charge in [-0.2, -0.15) is 0 Å².